The number of nitrogens with one attached hydrogen (secondary N) is 1. The van der Waals surface area contributed by atoms with Crippen LogP contribution in [0.2, 0.25) is 0 Å². The number of amides is 1. The van der Waals surface area contributed by atoms with Crippen LogP contribution in [0.25, 0.3) is 0 Å². The maximum Gasteiger partial charge on any atom is 0.231 e. The number of amidine groups is 1. The highest BCUT2D eigenvalue weighted by Gasteiger charge is 2.23. The third-order valence-corrected chi connectivity index (χ3v) is 2.78. The molecule has 7 nitrogen and oxygen atoms in total. The predicted octanol–water partition coefficient (Wildman–Crippen LogP) is 0.551. The molecule has 0 spiro atoms. The van der Waals surface area contributed by atoms with Gasteiger partial charge in [-0.15, -0.1) is 0 Å². The highest BCUT2D eigenvalue weighted by Crippen LogP contribution is 2.07. The van der Waals surface area contributed by atoms with Crippen molar-refractivity contribution in [3.63, 3.8) is 0 Å². The van der Waals surface area contributed by atoms with Crippen molar-refractivity contribution < 1.29 is 10.0 Å². The van der Waals surface area contributed by atoms with E-state index < -0.39 is 5.92 Å². The molecule has 1 aromatic heterocycles. The molecule has 2 atom stereocenters. The van der Waals surface area contributed by atoms with Crippen molar-refractivity contribution in [3.05, 3.63) is 18.5 Å². The average Bonchev–Trinajstić information content (AvgIpc) is 2.87. The minimum atomic E-state index is -0.588. The summed E-state index contributed by atoms with van der Waals surface area (Å²) in [5.74, 6) is -0.863. The van der Waals surface area contributed by atoms with E-state index in [1.807, 2.05) is 26.1 Å². The first-order chi connectivity index (χ1) is 9.08. The predicted molar refractivity (Wildman–Crippen MR) is 71.6 cm³/mol. The maximum absolute atomic E-state index is 12.1. The van der Waals surface area contributed by atoms with Crippen molar-refractivity contribution in [3.8, 4) is 0 Å². The summed E-state index contributed by atoms with van der Waals surface area (Å²) in [4.78, 5) is 12.1. The molecule has 0 aromatic carbocycles. The van der Waals surface area contributed by atoms with Crippen LogP contribution in [0.3, 0.4) is 0 Å². The Morgan fingerprint density at radius 3 is 2.89 bits per heavy atom. The Kier molecular flexibility index (Phi) is 5.84. The molecule has 7 heteroatoms. The monoisotopic (exact) mass is 267 g/mol. The van der Waals surface area contributed by atoms with Crippen molar-refractivity contribution >= 4 is 11.7 Å². The Morgan fingerprint density at radius 1 is 1.63 bits per heavy atom. The number of rotatable bonds is 7. The molecule has 0 saturated carbocycles. The maximum atomic E-state index is 12.1. The van der Waals surface area contributed by atoms with Crippen molar-refractivity contribution in [1.82, 2.24) is 15.1 Å². The van der Waals surface area contributed by atoms with Crippen LogP contribution < -0.4 is 11.1 Å². The largest absolute Gasteiger partial charge is 0.409 e. The van der Waals surface area contributed by atoms with Gasteiger partial charge in [0, 0.05) is 18.4 Å². The van der Waals surface area contributed by atoms with Gasteiger partial charge in [-0.1, -0.05) is 18.5 Å². The fourth-order valence-electron chi connectivity index (χ4n) is 1.85. The summed E-state index contributed by atoms with van der Waals surface area (Å²) < 4.78 is 1.74. The van der Waals surface area contributed by atoms with Crippen molar-refractivity contribution in [2.24, 2.45) is 16.8 Å². The Balaban J connectivity index is 2.55. The molecule has 19 heavy (non-hydrogen) atoms. The standard InChI is InChI=1S/C12H21N5O2/c1-3-5-10(11(13)16-19)12(18)15-9(2)8-17-7-4-6-14-17/h4,6-7,9-10,19H,3,5,8H2,1-2H3,(H2,13,16)(H,15,18). The first-order valence-corrected chi connectivity index (χ1v) is 6.33. The lowest BCUT2D eigenvalue weighted by molar-refractivity contribution is -0.124. The fraction of sp³-hybridized carbons (Fsp3) is 0.583. The molecule has 1 rings (SSSR count). The number of carbonyl (C=O) groups excluding carboxylic acids is 1. The molecule has 0 bridgehead atoms. The summed E-state index contributed by atoms with van der Waals surface area (Å²) in [6.07, 6.45) is 4.85. The summed E-state index contributed by atoms with van der Waals surface area (Å²) in [7, 11) is 0. The zero-order valence-electron chi connectivity index (χ0n) is 11.3. The average molecular weight is 267 g/mol. The van der Waals surface area contributed by atoms with Gasteiger partial charge in [-0.25, -0.2) is 0 Å². The van der Waals surface area contributed by atoms with Gasteiger partial charge in [0.15, 0.2) is 5.84 Å². The van der Waals surface area contributed by atoms with E-state index in [2.05, 4.69) is 15.6 Å². The number of nitrogens with zero attached hydrogens (tertiary/aromatic N) is 3. The van der Waals surface area contributed by atoms with Crippen LogP contribution in [0.5, 0.6) is 0 Å². The first-order valence-electron chi connectivity index (χ1n) is 6.33. The Hall–Kier alpha value is -2.05. The van der Waals surface area contributed by atoms with Gasteiger partial charge >= 0.3 is 0 Å². The summed E-state index contributed by atoms with van der Waals surface area (Å²) in [5, 5.41) is 18.5. The quantitative estimate of drug-likeness (QED) is 0.290. The number of oxime groups is 1. The van der Waals surface area contributed by atoms with E-state index in [0.717, 1.165) is 6.42 Å². The van der Waals surface area contributed by atoms with E-state index >= 15 is 0 Å². The lowest BCUT2D eigenvalue weighted by Crippen LogP contribution is -2.44. The van der Waals surface area contributed by atoms with Gasteiger partial charge in [-0.05, 0) is 19.4 Å². The minimum absolute atomic E-state index is 0.0503. The SMILES string of the molecule is CCCC(C(=O)NC(C)Cn1cccn1)C(N)=NO. The molecule has 1 heterocycles. The van der Waals surface area contributed by atoms with Gasteiger partial charge in [0.2, 0.25) is 5.91 Å². The number of hydrogen-bond donors (Lipinski definition) is 3. The lowest BCUT2D eigenvalue weighted by atomic mass is 10.0. The van der Waals surface area contributed by atoms with Gasteiger partial charge in [0.25, 0.3) is 0 Å². The highest BCUT2D eigenvalue weighted by atomic mass is 16.4. The van der Waals surface area contributed by atoms with E-state index in [9.17, 15) is 4.79 Å². The van der Waals surface area contributed by atoms with E-state index in [0.29, 0.717) is 13.0 Å². The molecular formula is C12H21N5O2. The molecule has 0 fully saturated rings. The van der Waals surface area contributed by atoms with Crippen LogP contribution >= 0.6 is 0 Å². The molecule has 1 aromatic rings. The molecule has 1 amide bonds. The number of nitrogens with two attached hydrogens (primary N) is 1. The molecule has 0 saturated heterocycles. The van der Waals surface area contributed by atoms with Crippen LogP contribution in [0.4, 0.5) is 0 Å². The molecule has 0 aliphatic rings. The van der Waals surface area contributed by atoms with E-state index in [-0.39, 0.29) is 17.8 Å². The van der Waals surface area contributed by atoms with Crippen molar-refractivity contribution in [2.45, 2.75) is 39.3 Å². The molecule has 0 aliphatic carbocycles. The second-order valence-corrected chi connectivity index (χ2v) is 4.50. The summed E-state index contributed by atoms with van der Waals surface area (Å²) >= 11 is 0. The molecule has 106 valence electrons. The minimum Gasteiger partial charge on any atom is -0.409 e. The van der Waals surface area contributed by atoms with Crippen molar-refractivity contribution in [1.29, 1.82) is 0 Å². The first kappa shape index (κ1) is 15.0. The number of carbonyl (C=O) groups is 1. The van der Waals surface area contributed by atoms with Crippen LogP contribution in [0.15, 0.2) is 23.6 Å². The van der Waals surface area contributed by atoms with Gasteiger partial charge in [-0.2, -0.15) is 5.10 Å². The van der Waals surface area contributed by atoms with Crippen molar-refractivity contribution in [2.75, 3.05) is 0 Å². The zero-order valence-corrected chi connectivity index (χ0v) is 11.3. The Morgan fingerprint density at radius 2 is 2.37 bits per heavy atom. The van der Waals surface area contributed by atoms with E-state index in [4.69, 9.17) is 10.9 Å². The molecule has 0 radical (unpaired) electrons. The van der Waals surface area contributed by atoms with Gasteiger partial charge in [0.1, 0.15) is 0 Å². The molecule has 4 N–H and O–H groups in total. The second kappa shape index (κ2) is 7.40. The Labute approximate surface area is 112 Å². The van der Waals surface area contributed by atoms with E-state index in [1.54, 1.807) is 10.9 Å². The summed E-state index contributed by atoms with van der Waals surface area (Å²) in [6.45, 7) is 4.40. The summed E-state index contributed by atoms with van der Waals surface area (Å²) in [5.41, 5.74) is 5.54. The topological polar surface area (TPSA) is 106 Å². The highest BCUT2D eigenvalue weighted by molar-refractivity contribution is 6.02. The fourth-order valence-corrected chi connectivity index (χ4v) is 1.85. The number of aromatic nitrogens is 2. The molecular weight excluding hydrogens is 246 g/mol. The molecule has 2 unspecified atom stereocenters. The zero-order chi connectivity index (χ0) is 14.3. The lowest BCUT2D eigenvalue weighted by Gasteiger charge is -2.19. The van der Waals surface area contributed by atoms with Crippen LogP contribution in [-0.4, -0.2) is 32.8 Å². The van der Waals surface area contributed by atoms with Gasteiger partial charge in [-0.3, -0.25) is 9.48 Å². The van der Waals surface area contributed by atoms with Crippen LogP contribution in [0, 0.1) is 5.92 Å². The van der Waals surface area contributed by atoms with E-state index in [1.165, 1.54) is 0 Å². The van der Waals surface area contributed by atoms with Crippen LogP contribution in [-0.2, 0) is 11.3 Å². The molecule has 0 aliphatic heterocycles. The van der Waals surface area contributed by atoms with Gasteiger partial charge in [0.05, 0.1) is 12.5 Å². The third-order valence-electron chi connectivity index (χ3n) is 2.78. The van der Waals surface area contributed by atoms with Crippen LogP contribution in [0.1, 0.15) is 26.7 Å². The normalized spacial score (nSPS) is 14.9. The second-order valence-electron chi connectivity index (χ2n) is 4.50. The Bertz CT molecular complexity index is 416. The third kappa shape index (κ3) is 4.61. The smallest absolute Gasteiger partial charge is 0.231 e. The van der Waals surface area contributed by atoms with Gasteiger partial charge < -0.3 is 16.3 Å². The summed E-state index contributed by atoms with van der Waals surface area (Å²) in [6, 6.07) is 1.74. The number of hydrogen-bond acceptors (Lipinski definition) is 4.